The van der Waals surface area contributed by atoms with Crippen molar-refractivity contribution in [1.29, 1.82) is 0 Å². The standard InChI is InChI=1S/C13H14Cl2N4OS/c1-2-3-4-11-17-18-13(21)19(11)16-7-8-5-9(14)12(20)10(15)6-8/h5-7,20H,2-4H2,1H3,(H,18,21)/b16-7-. The van der Waals surface area contributed by atoms with Gasteiger partial charge in [-0.05, 0) is 36.3 Å². The molecule has 0 radical (unpaired) electrons. The first-order chi connectivity index (χ1) is 10.0. The first kappa shape index (κ1) is 16.0. The van der Waals surface area contributed by atoms with Gasteiger partial charge in [0, 0.05) is 6.42 Å². The van der Waals surface area contributed by atoms with E-state index in [-0.39, 0.29) is 15.8 Å². The third-order valence-electron chi connectivity index (χ3n) is 2.83. The van der Waals surface area contributed by atoms with E-state index in [1.807, 2.05) is 0 Å². The van der Waals surface area contributed by atoms with E-state index in [1.54, 1.807) is 23.0 Å². The number of aryl methyl sites for hydroxylation is 1. The van der Waals surface area contributed by atoms with E-state index >= 15 is 0 Å². The van der Waals surface area contributed by atoms with Crippen LogP contribution in [0.2, 0.25) is 10.0 Å². The third-order valence-corrected chi connectivity index (χ3v) is 3.67. The van der Waals surface area contributed by atoms with Gasteiger partial charge in [-0.2, -0.15) is 14.9 Å². The highest BCUT2D eigenvalue weighted by Gasteiger charge is 2.07. The number of nitrogens with one attached hydrogen (secondary N) is 1. The Hall–Kier alpha value is -1.37. The number of hydrogen-bond acceptors (Lipinski definition) is 4. The second-order valence-corrected chi connectivity index (χ2v) is 5.64. The molecule has 0 aliphatic carbocycles. The Balaban J connectivity index is 2.29. The van der Waals surface area contributed by atoms with Crippen molar-refractivity contribution in [2.45, 2.75) is 26.2 Å². The van der Waals surface area contributed by atoms with Crippen LogP contribution < -0.4 is 0 Å². The van der Waals surface area contributed by atoms with E-state index in [9.17, 15) is 5.11 Å². The maximum absolute atomic E-state index is 9.52. The summed E-state index contributed by atoms with van der Waals surface area (Å²) in [6, 6.07) is 3.14. The molecule has 5 nitrogen and oxygen atoms in total. The van der Waals surface area contributed by atoms with E-state index in [4.69, 9.17) is 35.4 Å². The molecule has 2 N–H and O–H groups in total. The smallest absolute Gasteiger partial charge is 0.216 e. The molecule has 0 fully saturated rings. The fourth-order valence-electron chi connectivity index (χ4n) is 1.72. The topological polar surface area (TPSA) is 66.2 Å². The average molecular weight is 345 g/mol. The first-order valence-corrected chi connectivity index (χ1v) is 7.58. The first-order valence-electron chi connectivity index (χ1n) is 6.41. The van der Waals surface area contributed by atoms with Gasteiger partial charge in [0.05, 0.1) is 16.3 Å². The van der Waals surface area contributed by atoms with E-state index in [0.29, 0.717) is 10.3 Å². The Morgan fingerprint density at radius 1 is 1.43 bits per heavy atom. The summed E-state index contributed by atoms with van der Waals surface area (Å²) in [4.78, 5) is 0. The lowest BCUT2D eigenvalue weighted by Crippen LogP contribution is -1.99. The Labute approximate surface area is 137 Å². The van der Waals surface area contributed by atoms with Crippen molar-refractivity contribution in [3.8, 4) is 5.75 Å². The Morgan fingerprint density at radius 2 is 2.10 bits per heavy atom. The van der Waals surface area contributed by atoms with Gasteiger partial charge in [-0.3, -0.25) is 5.10 Å². The predicted octanol–water partition coefficient (Wildman–Crippen LogP) is 4.18. The van der Waals surface area contributed by atoms with E-state index in [1.165, 1.54) is 0 Å². The molecule has 8 heteroatoms. The quantitative estimate of drug-likeness (QED) is 0.631. The largest absolute Gasteiger partial charge is 0.505 e. The van der Waals surface area contributed by atoms with Crippen LogP contribution in [0.1, 0.15) is 31.2 Å². The maximum atomic E-state index is 9.52. The molecule has 21 heavy (non-hydrogen) atoms. The molecule has 2 aromatic rings. The predicted molar refractivity (Wildman–Crippen MR) is 87.1 cm³/mol. The fourth-order valence-corrected chi connectivity index (χ4v) is 2.43. The highest BCUT2D eigenvalue weighted by atomic mass is 35.5. The highest BCUT2D eigenvalue weighted by molar-refractivity contribution is 7.71. The number of aromatic hydroxyl groups is 1. The molecule has 1 aromatic heterocycles. The molecule has 0 saturated heterocycles. The van der Waals surface area contributed by atoms with Crippen LogP contribution in [0, 0.1) is 4.77 Å². The zero-order valence-corrected chi connectivity index (χ0v) is 13.6. The Morgan fingerprint density at radius 3 is 2.71 bits per heavy atom. The number of benzene rings is 1. The van der Waals surface area contributed by atoms with Crippen molar-refractivity contribution in [1.82, 2.24) is 14.9 Å². The molecule has 0 spiro atoms. The van der Waals surface area contributed by atoms with Crippen LogP contribution in [0.25, 0.3) is 0 Å². The monoisotopic (exact) mass is 344 g/mol. The van der Waals surface area contributed by atoms with Gasteiger partial charge in [-0.1, -0.05) is 36.5 Å². The minimum absolute atomic E-state index is 0.140. The van der Waals surface area contributed by atoms with E-state index < -0.39 is 0 Å². The number of aromatic amines is 1. The van der Waals surface area contributed by atoms with Gasteiger partial charge >= 0.3 is 0 Å². The maximum Gasteiger partial charge on any atom is 0.216 e. The summed E-state index contributed by atoms with van der Waals surface area (Å²) in [6.45, 7) is 2.11. The summed E-state index contributed by atoms with van der Waals surface area (Å²) in [5, 5.41) is 21.0. The summed E-state index contributed by atoms with van der Waals surface area (Å²) >= 11 is 16.9. The van der Waals surface area contributed by atoms with Crippen LogP contribution in [0.15, 0.2) is 17.2 Å². The van der Waals surface area contributed by atoms with Crippen LogP contribution in [0.5, 0.6) is 5.75 Å². The van der Waals surface area contributed by atoms with E-state index in [2.05, 4.69) is 22.2 Å². The summed E-state index contributed by atoms with van der Waals surface area (Å²) in [5.41, 5.74) is 0.660. The molecule has 0 aliphatic heterocycles. The molecule has 1 aromatic carbocycles. The van der Waals surface area contributed by atoms with Gasteiger partial charge in [-0.25, -0.2) is 0 Å². The van der Waals surface area contributed by atoms with Crippen LogP contribution in [0.3, 0.4) is 0 Å². The molecule has 0 bridgehead atoms. The second-order valence-electron chi connectivity index (χ2n) is 4.44. The van der Waals surface area contributed by atoms with Gasteiger partial charge in [0.25, 0.3) is 0 Å². The Kier molecular flexibility index (Phi) is 5.39. The van der Waals surface area contributed by atoms with Gasteiger partial charge in [0.15, 0.2) is 11.6 Å². The lowest BCUT2D eigenvalue weighted by atomic mass is 10.2. The summed E-state index contributed by atoms with van der Waals surface area (Å²) in [5.74, 6) is 0.633. The minimum atomic E-state index is -0.140. The number of halogens is 2. The molecule has 0 atom stereocenters. The second kappa shape index (κ2) is 7.06. The van der Waals surface area contributed by atoms with Crippen molar-refractivity contribution in [2.24, 2.45) is 5.10 Å². The van der Waals surface area contributed by atoms with Crippen molar-refractivity contribution in [2.75, 3.05) is 0 Å². The number of H-pyrrole nitrogens is 1. The highest BCUT2D eigenvalue weighted by Crippen LogP contribution is 2.32. The third kappa shape index (κ3) is 3.84. The minimum Gasteiger partial charge on any atom is -0.505 e. The Bertz CT molecular complexity index is 700. The number of aromatic nitrogens is 3. The number of unbranched alkanes of at least 4 members (excludes halogenated alkanes) is 1. The van der Waals surface area contributed by atoms with Crippen LogP contribution >= 0.6 is 35.4 Å². The SMILES string of the molecule is CCCCc1n[nH]c(=S)n1/N=C\c1cc(Cl)c(O)c(Cl)c1. The molecular weight excluding hydrogens is 331 g/mol. The number of phenolic OH excluding ortho intramolecular Hbond substituents is 1. The summed E-state index contributed by atoms with van der Waals surface area (Å²) in [7, 11) is 0. The van der Waals surface area contributed by atoms with Crippen LogP contribution in [0.4, 0.5) is 0 Å². The van der Waals surface area contributed by atoms with Crippen molar-refractivity contribution in [3.63, 3.8) is 0 Å². The van der Waals surface area contributed by atoms with Gasteiger partial charge in [0.2, 0.25) is 4.77 Å². The summed E-state index contributed by atoms with van der Waals surface area (Å²) < 4.78 is 1.99. The van der Waals surface area contributed by atoms with Crippen molar-refractivity contribution < 1.29 is 5.11 Å². The number of phenols is 1. The molecule has 0 aliphatic rings. The molecule has 1 heterocycles. The lowest BCUT2D eigenvalue weighted by molar-refractivity contribution is 0.476. The van der Waals surface area contributed by atoms with Crippen molar-refractivity contribution >= 4 is 41.6 Å². The zero-order chi connectivity index (χ0) is 15.4. The zero-order valence-electron chi connectivity index (χ0n) is 11.3. The van der Waals surface area contributed by atoms with Crippen LogP contribution in [-0.2, 0) is 6.42 Å². The number of hydrogen-bond donors (Lipinski definition) is 2. The van der Waals surface area contributed by atoms with E-state index in [0.717, 1.165) is 25.1 Å². The van der Waals surface area contributed by atoms with Crippen molar-refractivity contribution in [3.05, 3.63) is 38.3 Å². The molecule has 0 unspecified atom stereocenters. The average Bonchev–Trinajstić information content (AvgIpc) is 2.80. The van der Waals surface area contributed by atoms with Crippen LogP contribution in [-0.4, -0.2) is 26.2 Å². The van der Waals surface area contributed by atoms with Gasteiger partial charge < -0.3 is 5.11 Å². The van der Waals surface area contributed by atoms with Gasteiger partial charge in [-0.15, -0.1) is 0 Å². The molecule has 112 valence electrons. The normalized spacial score (nSPS) is 11.4. The molecule has 2 rings (SSSR count). The van der Waals surface area contributed by atoms with Gasteiger partial charge in [0.1, 0.15) is 0 Å². The number of nitrogens with zero attached hydrogens (tertiary/aromatic N) is 3. The fraction of sp³-hybridized carbons (Fsp3) is 0.308. The lowest BCUT2D eigenvalue weighted by Gasteiger charge is -2.02. The summed E-state index contributed by atoms with van der Waals surface area (Å²) in [6.07, 6.45) is 4.43. The molecule has 0 saturated carbocycles. The number of rotatable bonds is 5. The molecular formula is C13H14Cl2N4OS. The molecule has 0 amide bonds.